The highest BCUT2D eigenvalue weighted by Gasteiger charge is 2.52. The van der Waals surface area contributed by atoms with Crippen LogP contribution in [0.5, 0.6) is 0 Å². The van der Waals surface area contributed by atoms with Crippen molar-refractivity contribution in [1.29, 1.82) is 0 Å². The Labute approximate surface area is 295 Å². The molecule has 0 bridgehead atoms. The summed E-state index contributed by atoms with van der Waals surface area (Å²) < 4.78 is 0. The summed E-state index contributed by atoms with van der Waals surface area (Å²) >= 11 is 0. The van der Waals surface area contributed by atoms with Gasteiger partial charge in [0.05, 0.1) is 5.41 Å². The summed E-state index contributed by atoms with van der Waals surface area (Å²) in [4.78, 5) is 15.5. The van der Waals surface area contributed by atoms with Crippen molar-refractivity contribution >= 4 is 21.5 Å². The summed E-state index contributed by atoms with van der Waals surface area (Å²) in [5.41, 5.74) is 12.8. The van der Waals surface area contributed by atoms with E-state index in [1.54, 1.807) is 0 Å². The van der Waals surface area contributed by atoms with Crippen molar-refractivity contribution in [2.45, 2.75) is 5.41 Å². The van der Waals surface area contributed by atoms with E-state index in [1.165, 1.54) is 60.7 Å². The highest BCUT2D eigenvalue weighted by Crippen LogP contribution is 2.65. The zero-order valence-electron chi connectivity index (χ0n) is 27.6. The number of fused-ring (bicyclic) bond motifs is 14. The number of nitrogens with zero attached hydrogens (tertiary/aromatic N) is 3. The van der Waals surface area contributed by atoms with E-state index >= 15 is 0 Å². The van der Waals surface area contributed by atoms with Crippen LogP contribution >= 0.6 is 0 Å². The number of hydrogen-bond donors (Lipinski definition) is 0. The number of aromatic nitrogens is 3. The molecule has 11 rings (SSSR count). The molecule has 2 aliphatic rings. The number of rotatable bonds is 3. The first-order chi connectivity index (χ1) is 25.3. The van der Waals surface area contributed by atoms with E-state index in [0.29, 0.717) is 17.5 Å². The van der Waals surface area contributed by atoms with Gasteiger partial charge in [0.1, 0.15) is 0 Å². The van der Waals surface area contributed by atoms with E-state index in [9.17, 15) is 0 Å². The lowest BCUT2D eigenvalue weighted by molar-refractivity contribution is 0.795. The average Bonchev–Trinajstić information content (AvgIpc) is 3.69. The Bertz CT molecular complexity index is 2750. The standard InChI is InChI=1S/C48H29N3/c1-3-16-31(17-4-1)45-49-46(32-18-5-2-6-19-32)51-47(50-45)38-29-42-44(37-24-10-9-21-34(37)38)43-33-20-8-7-15-30(33)27-28-41(43)48(42)39-25-13-11-22-35(39)36-23-12-14-26-40(36)48/h1-29H. The minimum absolute atomic E-state index is 0.516. The monoisotopic (exact) mass is 647 g/mol. The van der Waals surface area contributed by atoms with Crippen molar-refractivity contribution in [2.24, 2.45) is 0 Å². The van der Waals surface area contributed by atoms with Gasteiger partial charge in [0.15, 0.2) is 17.5 Å². The molecule has 3 heteroatoms. The van der Waals surface area contributed by atoms with Crippen molar-refractivity contribution in [3.63, 3.8) is 0 Å². The Morgan fingerprint density at radius 3 is 1.45 bits per heavy atom. The molecular weight excluding hydrogens is 619 g/mol. The van der Waals surface area contributed by atoms with Crippen LogP contribution in [0.15, 0.2) is 176 Å². The Balaban J connectivity index is 1.31. The van der Waals surface area contributed by atoms with E-state index in [1.807, 2.05) is 36.4 Å². The van der Waals surface area contributed by atoms with Crippen LogP contribution in [0.3, 0.4) is 0 Å². The van der Waals surface area contributed by atoms with E-state index in [-0.39, 0.29) is 0 Å². The fraction of sp³-hybridized carbons (Fsp3) is 0.0208. The quantitative estimate of drug-likeness (QED) is 0.192. The molecule has 3 nitrogen and oxygen atoms in total. The molecule has 8 aromatic carbocycles. The van der Waals surface area contributed by atoms with Crippen LogP contribution < -0.4 is 0 Å². The van der Waals surface area contributed by atoms with Crippen LogP contribution in [0.25, 0.3) is 78.0 Å². The number of benzene rings is 8. The molecule has 0 saturated carbocycles. The van der Waals surface area contributed by atoms with E-state index in [0.717, 1.165) is 22.1 Å². The third kappa shape index (κ3) is 3.86. The Hall–Kier alpha value is -6.71. The van der Waals surface area contributed by atoms with Gasteiger partial charge in [0, 0.05) is 16.7 Å². The predicted octanol–water partition coefficient (Wildman–Crippen LogP) is 11.5. The normalized spacial score (nSPS) is 13.3. The Morgan fingerprint density at radius 1 is 0.314 bits per heavy atom. The second-order valence-electron chi connectivity index (χ2n) is 13.5. The third-order valence-electron chi connectivity index (χ3n) is 10.9. The van der Waals surface area contributed by atoms with E-state index in [4.69, 9.17) is 15.0 Å². The summed E-state index contributed by atoms with van der Waals surface area (Å²) in [5.74, 6) is 1.98. The van der Waals surface area contributed by atoms with Gasteiger partial charge < -0.3 is 0 Å². The molecule has 0 saturated heterocycles. The molecule has 0 atom stereocenters. The van der Waals surface area contributed by atoms with Gasteiger partial charge in [-0.25, -0.2) is 15.0 Å². The zero-order valence-corrected chi connectivity index (χ0v) is 27.6. The van der Waals surface area contributed by atoms with Crippen LogP contribution in [-0.4, -0.2) is 15.0 Å². The van der Waals surface area contributed by atoms with Gasteiger partial charge in [-0.05, 0) is 72.1 Å². The van der Waals surface area contributed by atoms with Gasteiger partial charge in [-0.3, -0.25) is 0 Å². The molecule has 0 amide bonds. The van der Waals surface area contributed by atoms with Crippen LogP contribution in [0.2, 0.25) is 0 Å². The molecule has 1 heterocycles. The topological polar surface area (TPSA) is 38.7 Å². The molecule has 2 aliphatic carbocycles. The van der Waals surface area contributed by atoms with Crippen molar-refractivity contribution in [2.75, 3.05) is 0 Å². The van der Waals surface area contributed by atoms with Crippen LogP contribution in [0, 0.1) is 0 Å². The smallest absolute Gasteiger partial charge is 0.164 e. The molecule has 0 fully saturated rings. The fourth-order valence-electron chi connectivity index (χ4n) is 8.87. The van der Waals surface area contributed by atoms with Gasteiger partial charge in [0.25, 0.3) is 0 Å². The Morgan fingerprint density at radius 2 is 0.804 bits per heavy atom. The van der Waals surface area contributed by atoms with Crippen LogP contribution in [0.4, 0.5) is 0 Å². The Kier molecular flexibility index (Phi) is 5.88. The van der Waals surface area contributed by atoms with Crippen molar-refractivity contribution in [3.8, 4) is 56.4 Å². The molecule has 9 aromatic rings. The SMILES string of the molecule is c1ccc(-c2nc(-c3ccccc3)nc(-c3cc4c(c5ccccc35)-c3c(ccc5ccccc35)C43c4ccccc4-c4ccccc43)n2)cc1. The van der Waals surface area contributed by atoms with Crippen LogP contribution in [-0.2, 0) is 5.41 Å². The first-order valence-corrected chi connectivity index (χ1v) is 17.5. The maximum Gasteiger partial charge on any atom is 0.164 e. The lowest BCUT2D eigenvalue weighted by atomic mass is 9.70. The lowest BCUT2D eigenvalue weighted by Gasteiger charge is -2.31. The largest absolute Gasteiger partial charge is 0.208 e. The third-order valence-corrected chi connectivity index (χ3v) is 10.9. The van der Waals surface area contributed by atoms with Gasteiger partial charge in [-0.15, -0.1) is 0 Å². The van der Waals surface area contributed by atoms with Gasteiger partial charge in [-0.2, -0.15) is 0 Å². The first kappa shape index (κ1) is 28.2. The molecule has 0 aliphatic heterocycles. The molecule has 236 valence electrons. The molecular formula is C48H29N3. The summed E-state index contributed by atoms with van der Waals surface area (Å²) in [6.07, 6.45) is 0. The average molecular weight is 648 g/mol. The molecule has 0 unspecified atom stereocenters. The first-order valence-electron chi connectivity index (χ1n) is 17.5. The molecule has 0 radical (unpaired) electrons. The zero-order chi connectivity index (χ0) is 33.5. The maximum atomic E-state index is 5.26. The summed E-state index contributed by atoms with van der Waals surface area (Å²) in [6, 6.07) is 63.1. The van der Waals surface area contributed by atoms with Crippen molar-refractivity contribution < 1.29 is 0 Å². The highest BCUT2D eigenvalue weighted by molar-refractivity contribution is 6.16. The predicted molar refractivity (Wildman–Crippen MR) is 207 cm³/mol. The van der Waals surface area contributed by atoms with Crippen molar-refractivity contribution in [1.82, 2.24) is 15.0 Å². The minimum Gasteiger partial charge on any atom is -0.208 e. The number of hydrogen-bond acceptors (Lipinski definition) is 3. The lowest BCUT2D eigenvalue weighted by Crippen LogP contribution is -2.26. The van der Waals surface area contributed by atoms with Gasteiger partial charge in [-0.1, -0.05) is 170 Å². The summed E-state index contributed by atoms with van der Waals surface area (Å²) in [5, 5.41) is 4.83. The molecule has 51 heavy (non-hydrogen) atoms. The molecule has 1 aromatic heterocycles. The van der Waals surface area contributed by atoms with E-state index < -0.39 is 5.41 Å². The van der Waals surface area contributed by atoms with Gasteiger partial charge >= 0.3 is 0 Å². The van der Waals surface area contributed by atoms with Crippen molar-refractivity contribution in [3.05, 3.63) is 198 Å². The second-order valence-corrected chi connectivity index (χ2v) is 13.5. The van der Waals surface area contributed by atoms with Gasteiger partial charge in [0.2, 0.25) is 0 Å². The summed E-state index contributed by atoms with van der Waals surface area (Å²) in [7, 11) is 0. The molecule has 1 spiro atoms. The maximum absolute atomic E-state index is 5.26. The summed E-state index contributed by atoms with van der Waals surface area (Å²) in [6.45, 7) is 0. The minimum atomic E-state index is -0.516. The van der Waals surface area contributed by atoms with E-state index in [2.05, 4.69) is 140 Å². The fourth-order valence-corrected chi connectivity index (χ4v) is 8.87. The highest BCUT2D eigenvalue weighted by atomic mass is 15.0. The molecule has 0 N–H and O–H groups in total. The second kappa shape index (κ2) is 10.6. The van der Waals surface area contributed by atoms with Crippen LogP contribution in [0.1, 0.15) is 22.3 Å².